The quantitative estimate of drug-likeness (QED) is 0.223. The van der Waals surface area contributed by atoms with Crippen molar-refractivity contribution in [2.75, 3.05) is 13.1 Å². The fourth-order valence-corrected chi connectivity index (χ4v) is 3.67. The van der Waals surface area contributed by atoms with Crippen molar-refractivity contribution in [3.63, 3.8) is 0 Å². The van der Waals surface area contributed by atoms with Gasteiger partial charge in [0.25, 0.3) is 5.69 Å². The van der Waals surface area contributed by atoms with Crippen molar-refractivity contribution in [3.05, 3.63) is 80.9 Å². The van der Waals surface area contributed by atoms with Crippen molar-refractivity contribution in [1.82, 2.24) is 10.6 Å². The Balaban J connectivity index is 1.84. The van der Waals surface area contributed by atoms with Crippen LogP contribution in [0.5, 0.6) is 0 Å². The Morgan fingerprint density at radius 1 is 1.03 bits per heavy atom. The third-order valence-electron chi connectivity index (χ3n) is 5.23. The average molecular weight is 482 g/mol. The average Bonchev–Trinajstić information content (AvgIpc) is 2.80. The molecule has 3 N–H and O–H groups in total. The first-order valence-electron chi connectivity index (χ1n) is 11.1. The fraction of sp³-hybridized carbons (Fsp3) is 0.320. The minimum absolute atomic E-state index is 0.114. The number of nitro benzene ring substituents is 1. The summed E-state index contributed by atoms with van der Waals surface area (Å²) in [7, 11) is 0. The second-order valence-corrected chi connectivity index (χ2v) is 8.98. The number of hydrogen-bond donors (Lipinski definition) is 3. The van der Waals surface area contributed by atoms with Crippen LogP contribution in [0, 0.1) is 10.1 Å². The van der Waals surface area contributed by atoms with Crippen molar-refractivity contribution in [1.29, 1.82) is 0 Å². The number of fused-ring (bicyclic) bond motifs is 1. The number of nitrogens with zero attached hydrogens (tertiary/aromatic N) is 1. The molecule has 0 heterocycles. The number of carbonyl (C=O) groups excluding carboxylic acids is 3. The molecule has 1 amide bonds. The van der Waals surface area contributed by atoms with Gasteiger partial charge in [-0.15, -0.1) is 0 Å². The molecular weight excluding hydrogens is 454 g/mol. The van der Waals surface area contributed by atoms with E-state index in [1.54, 1.807) is 39.0 Å². The van der Waals surface area contributed by atoms with E-state index in [2.05, 4.69) is 10.6 Å². The van der Waals surface area contributed by atoms with Crippen LogP contribution in [0.1, 0.15) is 54.7 Å². The lowest BCUT2D eigenvalue weighted by atomic mass is 9.83. The summed E-state index contributed by atoms with van der Waals surface area (Å²) in [6, 6.07) is 10.9. The maximum absolute atomic E-state index is 13.0. The number of nitrogens with one attached hydrogen (secondary N) is 2. The van der Waals surface area contributed by atoms with Gasteiger partial charge in [0.2, 0.25) is 11.6 Å². The molecule has 0 saturated carbocycles. The zero-order valence-electron chi connectivity index (χ0n) is 19.7. The second-order valence-electron chi connectivity index (χ2n) is 8.98. The van der Waals surface area contributed by atoms with Crippen molar-refractivity contribution in [2.45, 2.75) is 38.8 Å². The number of carbonyl (C=O) groups is 3. The number of non-ortho nitro benzene ring substituents is 1. The van der Waals surface area contributed by atoms with E-state index in [1.807, 2.05) is 0 Å². The first-order valence-corrected chi connectivity index (χ1v) is 11.1. The van der Waals surface area contributed by atoms with Crippen molar-refractivity contribution < 1.29 is 29.2 Å². The maximum atomic E-state index is 13.0. The second kappa shape index (κ2) is 10.5. The smallest absolute Gasteiger partial charge is 0.407 e. The summed E-state index contributed by atoms with van der Waals surface area (Å²) in [4.78, 5) is 48.1. The first kappa shape index (κ1) is 25.6. The highest BCUT2D eigenvalue weighted by Crippen LogP contribution is 2.35. The highest BCUT2D eigenvalue weighted by Gasteiger charge is 2.37. The number of nitro groups is 1. The first-order chi connectivity index (χ1) is 16.5. The largest absolute Gasteiger partial charge is 0.507 e. The van der Waals surface area contributed by atoms with Gasteiger partial charge >= 0.3 is 6.09 Å². The van der Waals surface area contributed by atoms with Crippen LogP contribution in [-0.2, 0) is 9.53 Å². The Morgan fingerprint density at radius 3 is 2.26 bits per heavy atom. The highest BCUT2D eigenvalue weighted by atomic mass is 16.6. The molecule has 0 radical (unpaired) electrons. The van der Waals surface area contributed by atoms with E-state index in [9.17, 15) is 29.6 Å². The zero-order chi connectivity index (χ0) is 25.8. The third-order valence-corrected chi connectivity index (χ3v) is 5.23. The van der Waals surface area contributed by atoms with Gasteiger partial charge in [-0.2, -0.15) is 0 Å². The maximum Gasteiger partial charge on any atom is 0.407 e. The fourth-order valence-electron chi connectivity index (χ4n) is 3.67. The van der Waals surface area contributed by atoms with E-state index in [1.165, 1.54) is 30.3 Å². The lowest BCUT2D eigenvalue weighted by Crippen LogP contribution is -2.36. The SMILES string of the molecule is CC(C)(C)OC(=O)NCCCNC(C1=C(O)c2ccccc2C(=O)C1=O)c1ccc([N+](=O)[O-])cc1. The summed E-state index contributed by atoms with van der Waals surface area (Å²) in [6.45, 7) is 5.82. The third kappa shape index (κ3) is 6.10. The van der Waals surface area contributed by atoms with Crippen LogP contribution in [0.15, 0.2) is 54.1 Å². The predicted octanol–water partition coefficient (Wildman–Crippen LogP) is 3.88. The molecule has 0 aromatic heterocycles. The molecule has 0 bridgehead atoms. The van der Waals surface area contributed by atoms with E-state index in [0.717, 1.165) is 0 Å². The van der Waals surface area contributed by atoms with Crippen molar-refractivity contribution >= 4 is 29.1 Å². The van der Waals surface area contributed by atoms with E-state index in [4.69, 9.17) is 4.74 Å². The highest BCUT2D eigenvalue weighted by molar-refractivity contribution is 6.52. The number of aliphatic hydroxyl groups excluding tert-OH is 1. The van der Waals surface area contributed by atoms with Gasteiger partial charge in [0.15, 0.2) is 0 Å². The van der Waals surface area contributed by atoms with Crippen LogP contribution in [0.3, 0.4) is 0 Å². The normalized spacial score (nSPS) is 14.4. The van der Waals surface area contributed by atoms with Crippen LogP contribution < -0.4 is 10.6 Å². The van der Waals surface area contributed by atoms with Gasteiger partial charge in [0, 0.05) is 29.8 Å². The molecule has 35 heavy (non-hydrogen) atoms. The molecule has 1 aliphatic rings. The van der Waals surface area contributed by atoms with Crippen molar-refractivity contribution in [3.8, 4) is 0 Å². The molecule has 0 fully saturated rings. The Labute approximate surface area is 202 Å². The molecule has 0 aliphatic heterocycles. The van der Waals surface area contributed by atoms with Gasteiger partial charge in [-0.1, -0.05) is 36.4 Å². The molecule has 1 aliphatic carbocycles. The van der Waals surface area contributed by atoms with Gasteiger partial charge in [-0.25, -0.2) is 4.79 Å². The van der Waals surface area contributed by atoms with Crippen LogP contribution >= 0.6 is 0 Å². The number of ketones is 2. The standard InChI is InChI=1S/C25H27N3O7/c1-25(2,3)35-24(32)27-14-6-13-26-20(15-9-11-16(12-10-15)28(33)34)19-21(29)17-7-4-5-8-18(17)22(30)23(19)31/h4-5,7-12,20,26,29H,6,13-14H2,1-3H3,(H,27,32). The summed E-state index contributed by atoms with van der Waals surface area (Å²) < 4.78 is 5.19. The Hall–Kier alpha value is -4.05. The molecule has 0 saturated heterocycles. The molecule has 10 heteroatoms. The minimum Gasteiger partial charge on any atom is -0.507 e. The predicted molar refractivity (Wildman–Crippen MR) is 128 cm³/mol. The summed E-state index contributed by atoms with van der Waals surface area (Å²) in [5.74, 6) is -1.93. The van der Waals surface area contributed by atoms with Crippen LogP contribution in [0.2, 0.25) is 0 Å². The monoisotopic (exact) mass is 481 g/mol. The molecule has 2 aromatic rings. The van der Waals surface area contributed by atoms with E-state index >= 15 is 0 Å². The van der Waals surface area contributed by atoms with Crippen LogP contribution in [-0.4, -0.2) is 46.4 Å². The van der Waals surface area contributed by atoms with Gasteiger partial charge < -0.3 is 20.5 Å². The number of rotatable bonds is 8. The number of Topliss-reactive ketones (excluding diaryl/α,β-unsaturated/α-hetero) is 2. The summed E-state index contributed by atoms with van der Waals surface area (Å²) in [5.41, 5.74) is -0.0865. The molecular formula is C25H27N3O7. The topological polar surface area (TPSA) is 148 Å². The number of ether oxygens (including phenoxy) is 1. The molecule has 0 spiro atoms. The van der Waals surface area contributed by atoms with Crippen molar-refractivity contribution in [2.24, 2.45) is 0 Å². The lowest BCUT2D eigenvalue weighted by molar-refractivity contribution is -0.384. The Morgan fingerprint density at radius 2 is 1.66 bits per heavy atom. The molecule has 3 rings (SSSR count). The molecule has 2 aromatic carbocycles. The van der Waals surface area contributed by atoms with Gasteiger partial charge in [0.05, 0.1) is 16.5 Å². The number of amides is 1. The number of hydrogen-bond acceptors (Lipinski definition) is 8. The summed E-state index contributed by atoms with van der Waals surface area (Å²) >= 11 is 0. The molecule has 1 unspecified atom stereocenters. The Bertz CT molecular complexity index is 1180. The van der Waals surface area contributed by atoms with Gasteiger partial charge in [0.1, 0.15) is 11.4 Å². The number of aliphatic hydroxyl groups is 1. The summed E-state index contributed by atoms with van der Waals surface area (Å²) in [6.07, 6.45) is -0.121. The molecule has 1 atom stereocenters. The minimum atomic E-state index is -0.915. The number of alkyl carbamates (subject to hydrolysis) is 1. The van der Waals surface area contributed by atoms with E-state index in [0.29, 0.717) is 12.0 Å². The number of benzene rings is 2. The van der Waals surface area contributed by atoms with Gasteiger partial charge in [-0.3, -0.25) is 19.7 Å². The van der Waals surface area contributed by atoms with E-state index < -0.39 is 34.2 Å². The zero-order valence-corrected chi connectivity index (χ0v) is 19.7. The summed E-state index contributed by atoms with van der Waals surface area (Å²) in [5, 5.41) is 27.8. The Kier molecular flexibility index (Phi) is 7.65. The van der Waals surface area contributed by atoms with Gasteiger partial charge in [-0.05, 0) is 39.3 Å². The molecule has 10 nitrogen and oxygen atoms in total. The molecule has 184 valence electrons. The van der Waals surface area contributed by atoms with E-state index in [-0.39, 0.29) is 41.2 Å². The lowest BCUT2D eigenvalue weighted by Gasteiger charge is -2.26. The van der Waals surface area contributed by atoms with Crippen LogP contribution in [0.25, 0.3) is 5.76 Å². The van der Waals surface area contributed by atoms with Crippen LogP contribution in [0.4, 0.5) is 10.5 Å².